The molecule has 0 aliphatic carbocycles. The molecular weight excluding hydrogens is 308 g/mol. The molecule has 3 heterocycles. The van der Waals surface area contributed by atoms with Crippen molar-refractivity contribution in [2.75, 3.05) is 6.61 Å². The van der Waals surface area contributed by atoms with Gasteiger partial charge in [-0.3, -0.25) is 4.21 Å². The summed E-state index contributed by atoms with van der Waals surface area (Å²) in [4.78, 5) is 15.7. The van der Waals surface area contributed by atoms with E-state index >= 15 is 0 Å². The summed E-state index contributed by atoms with van der Waals surface area (Å²) in [6, 6.07) is 0. The lowest BCUT2D eigenvalue weighted by molar-refractivity contribution is 0.323. The van der Waals surface area contributed by atoms with Gasteiger partial charge in [0.25, 0.3) is 0 Å². The number of hydrogen-bond donors (Lipinski definition) is 1. The number of fused-ring (bicyclic) bond motifs is 1. The Kier molecular flexibility index (Phi) is 3.98. The van der Waals surface area contributed by atoms with Gasteiger partial charge in [-0.05, 0) is 13.8 Å². The quantitative estimate of drug-likeness (QED) is 0.780. The zero-order valence-electron chi connectivity index (χ0n) is 11.6. The highest BCUT2D eigenvalue weighted by molar-refractivity contribution is 7.84. The molecule has 0 saturated carbocycles. The van der Waals surface area contributed by atoms with Crippen molar-refractivity contribution >= 4 is 33.2 Å². The molecule has 0 aromatic carbocycles. The third kappa shape index (κ3) is 2.81. The van der Waals surface area contributed by atoms with Gasteiger partial charge in [-0.25, -0.2) is 15.0 Å². The summed E-state index contributed by atoms with van der Waals surface area (Å²) >= 11 is 1.56. The van der Waals surface area contributed by atoms with Crippen LogP contribution in [0.3, 0.4) is 0 Å². The van der Waals surface area contributed by atoms with Crippen LogP contribution in [0.5, 0.6) is 5.88 Å². The average molecular weight is 322 g/mol. The predicted octanol–water partition coefficient (Wildman–Crippen LogP) is 2.43. The van der Waals surface area contributed by atoms with Gasteiger partial charge in [0.15, 0.2) is 5.16 Å². The summed E-state index contributed by atoms with van der Waals surface area (Å²) in [7, 11) is -1.28. The van der Waals surface area contributed by atoms with Gasteiger partial charge in [0.1, 0.15) is 11.8 Å². The first-order chi connectivity index (χ1) is 10.2. The van der Waals surface area contributed by atoms with Crippen molar-refractivity contribution in [1.82, 2.24) is 19.9 Å². The second-order valence-corrected chi connectivity index (χ2v) is 6.50. The summed E-state index contributed by atoms with van der Waals surface area (Å²) in [6.45, 7) is 4.31. The molecule has 3 rings (SSSR count). The Bertz CT molecular complexity index is 768. The molecule has 1 N–H and O–H groups in total. The molecule has 0 amide bonds. The number of rotatable bonds is 5. The second kappa shape index (κ2) is 5.90. The van der Waals surface area contributed by atoms with Gasteiger partial charge in [-0.2, -0.15) is 0 Å². The van der Waals surface area contributed by atoms with E-state index in [-0.39, 0.29) is 5.75 Å². The highest BCUT2D eigenvalue weighted by atomic mass is 32.2. The first-order valence-electron chi connectivity index (χ1n) is 6.42. The predicted molar refractivity (Wildman–Crippen MR) is 82.0 cm³/mol. The number of nitrogens with one attached hydrogen (secondary N) is 1. The maximum absolute atomic E-state index is 12.4. The molecule has 0 saturated heterocycles. The van der Waals surface area contributed by atoms with E-state index in [1.54, 1.807) is 11.3 Å². The van der Waals surface area contributed by atoms with Crippen LogP contribution in [-0.4, -0.2) is 30.8 Å². The van der Waals surface area contributed by atoms with Gasteiger partial charge in [0.05, 0.1) is 34.4 Å². The van der Waals surface area contributed by atoms with Crippen molar-refractivity contribution in [1.29, 1.82) is 0 Å². The van der Waals surface area contributed by atoms with E-state index in [1.165, 1.54) is 6.33 Å². The minimum atomic E-state index is -1.28. The van der Waals surface area contributed by atoms with Crippen LogP contribution in [0.25, 0.3) is 11.0 Å². The zero-order chi connectivity index (χ0) is 14.8. The summed E-state index contributed by atoms with van der Waals surface area (Å²) in [5.74, 6) is 0.827. The standard InChI is InChI=1S/C13H14N4O2S2/c1-3-19-12-8(2)11(14-7-15-12)6-21(18)13-16-9-4-20-5-10(9)17-13/h4-5,7H,3,6H2,1-2H3,(H,16,17). The lowest BCUT2D eigenvalue weighted by Crippen LogP contribution is -2.06. The Morgan fingerprint density at radius 1 is 1.38 bits per heavy atom. The van der Waals surface area contributed by atoms with E-state index in [0.29, 0.717) is 23.3 Å². The molecule has 0 bridgehead atoms. The van der Waals surface area contributed by atoms with E-state index in [2.05, 4.69) is 19.9 Å². The van der Waals surface area contributed by atoms with Crippen LogP contribution in [0.2, 0.25) is 0 Å². The van der Waals surface area contributed by atoms with Crippen LogP contribution in [0, 0.1) is 6.92 Å². The Labute approximate surface area is 128 Å². The molecule has 0 radical (unpaired) electrons. The molecule has 0 spiro atoms. The minimum Gasteiger partial charge on any atom is -0.478 e. The SMILES string of the molecule is CCOc1ncnc(CS(=O)c2nc3cscc3[nH]2)c1C. The van der Waals surface area contributed by atoms with Gasteiger partial charge >= 0.3 is 0 Å². The van der Waals surface area contributed by atoms with Crippen LogP contribution in [0.1, 0.15) is 18.2 Å². The molecule has 8 heteroatoms. The van der Waals surface area contributed by atoms with Crippen molar-refractivity contribution in [2.45, 2.75) is 24.8 Å². The van der Waals surface area contributed by atoms with Crippen molar-refractivity contribution in [3.63, 3.8) is 0 Å². The second-order valence-electron chi connectivity index (χ2n) is 4.39. The van der Waals surface area contributed by atoms with E-state index in [4.69, 9.17) is 4.74 Å². The van der Waals surface area contributed by atoms with Gasteiger partial charge in [0, 0.05) is 16.3 Å². The number of H-pyrrole nitrogens is 1. The van der Waals surface area contributed by atoms with Crippen LogP contribution in [0.15, 0.2) is 22.2 Å². The monoisotopic (exact) mass is 322 g/mol. The largest absolute Gasteiger partial charge is 0.478 e. The van der Waals surface area contributed by atoms with Gasteiger partial charge < -0.3 is 9.72 Å². The van der Waals surface area contributed by atoms with Crippen molar-refractivity contribution in [3.05, 3.63) is 28.3 Å². The fraction of sp³-hybridized carbons (Fsp3) is 0.308. The third-order valence-corrected chi connectivity index (χ3v) is 4.90. The molecule has 3 aromatic heterocycles. The Balaban J connectivity index is 1.84. The molecular formula is C13H14N4O2S2. The molecule has 6 nitrogen and oxygen atoms in total. The highest BCUT2D eigenvalue weighted by Crippen LogP contribution is 2.21. The van der Waals surface area contributed by atoms with E-state index in [9.17, 15) is 4.21 Å². The van der Waals surface area contributed by atoms with Crippen LogP contribution in [0.4, 0.5) is 0 Å². The highest BCUT2D eigenvalue weighted by Gasteiger charge is 2.15. The van der Waals surface area contributed by atoms with Crippen LogP contribution < -0.4 is 4.74 Å². The molecule has 0 aliphatic heterocycles. The molecule has 0 fully saturated rings. The van der Waals surface area contributed by atoms with Crippen LogP contribution >= 0.6 is 11.3 Å². The Morgan fingerprint density at radius 3 is 3.00 bits per heavy atom. The number of aromatic amines is 1. The lowest BCUT2D eigenvalue weighted by Gasteiger charge is -2.08. The number of imidazole rings is 1. The number of hydrogen-bond acceptors (Lipinski definition) is 6. The molecule has 21 heavy (non-hydrogen) atoms. The smallest absolute Gasteiger partial charge is 0.219 e. The summed E-state index contributed by atoms with van der Waals surface area (Å²) in [6.07, 6.45) is 1.44. The lowest BCUT2D eigenvalue weighted by atomic mass is 10.3. The fourth-order valence-electron chi connectivity index (χ4n) is 1.92. The molecule has 110 valence electrons. The Morgan fingerprint density at radius 2 is 2.24 bits per heavy atom. The van der Waals surface area contributed by atoms with Gasteiger partial charge in [-0.1, -0.05) is 0 Å². The molecule has 3 aromatic rings. The summed E-state index contributed by atoms with van der Waals surface area (Å²) in [5, 5.41) is 4.35. The van der Waals surface area contributed by atoms with Gasteiger partial charge in [0.2, 0.25) is 5.88 Å². The minimum absolute atomic E-state index is 0.286. The maximum Gasteiger partial charge on any atom is 0.219 e. The first kappa shape index (κ1) is 14.2. The Hall–Kier alpha value is -1.80. The van der Waals surface area contributed by atoms with Crippen molar-refractivity contribution in [2.24, 2.45) is 0 Å². The topological polar surface area (TPSA) is 80.8 Å². The normalized spacial score (nSPS) is 12.7. The van der Waals surface area contributed by atoms with Gasteiger partial charge in [-0.15, -0.1) is 11.3 Å². The third-order valence-electron chi connectivity index (χ3n) is 3.01. The van der Waals surface area contributed by atoms with E-state index in [0.717, 1.165) is 16.6 Å². The number of ether oxygens (including phenoxy) is 1. The summed E-state index contributed by atoms with van der Waals surface area (Å²) in [5.41, 5.74) is 3.29. The summed E-state index contributed by atoms with van der Waals surface area (Å²) < 4.78 is 17.9. The number of nitrogens with zero attached hydrogens (tertiary/aromatic N) is 3. The molecule has 0 aliphatic rings. The van der Waals surface area contributed by atoms with Crippen molar-refractivity contribution in [3.8, 4) is 5.88 Å². The first-order valence-corrected chi connectivity index (χ1v) is 8.68. The number of thiophene rings is 1. The zero-order valence-corrected chi connectivity index (χ0v) is 13.3. The van der Waals surface area contributed by atoms with E-state index < -0.39 is 10.8 Å². The van der Waals surface area contributed by atoms with Crippen molar-refractivity contribution < 1.29 is 8.95 Å². The number of aromatic nitrogens is 4. The molecule has 1 atom stereocenters. The average Bonchev–Trinajstić information content (AvgIpc) is 3.04. The fourth-order valence-corrected chi connectivity index (χ4v) is 3.71. The molecule has 1 unspecified atom stereocenters. The van der Waals surface area contributed by atoms with Crippen LogP contribution in [-0.2, 0) is 16.6 Å². The maximum atomic E-state index is 12.4. The van der Waals surface area contributed by atoms with E-state index in [1.807, 2.05) is 24.6 Å².